The first kappa shape index (κ1) is 33.1. The zero-order chi connectivity index (χ0) is 31.9. The molecule has 43 heavy (non-hydrogen) atoms. The van der Waals surface area contributed by atoms with Crippen LogP contribution in [0.3, 0.4) is 0 Å². The number of aliphatic carboxylic acids is 2. The fraction of sp³-hybridized carbons (Fsp3) is 0.444. The second-order valence-corrected chi connectivity index (χ2v) is 9.98. The number of fused-ring (bicyclic) bond motifs is 1. The number of pyridine rings is 1. The molecule has 0 unspecified atom stereocenters. The monoisotopic (exact) mass is 617 g/mol. The van der Waals surface area contributed by atoms with Gasteiger partial charge >= 0.3 is 24.3 Å². The Morgan fingerprint density at radius 2 is 1.47 bits per heavy atom. The second-order valence-electron chi connectivity index (χ2n) is 9.98. The van der Waals surface area contributed by atoms with Crippen molar-refractivity contribution in [1.82, 2.24) is 19.4 Å². The van der Waals surface area contributed by atoms with E-state index >= 15 is 0 Å². The highest BCUT2D eigenvalue weighted by atomic mass is 19.4. The van der Waals surface area contributed by atoms with Gasteiger partial charge in [0.15, 0.2) is 5.82 Å². The molecule has 16 heteroatoms. The molecule has 1 aromatic carbocycles. The number of hydrogen-bond donors (Lipinski definition) is 3. The number of likely N-dealkylation sites (tertiary alicyclic amines) is 1. The van der Waals surface area contributed by atoms with Crippen molar-refractivity contribution >= 4 is 34.7 Å². The molecule has 10 nitrogen and oxygen atoms in total. The van der Waals surface area contributed by atoms with E-state index in [2.05, 4.69) is 20.9 Å². The maximum absolute atomic E-state index is 12.7. The molecule has 1 saturated heterocycles. The third kappa shape index (κ3) is 9.58. The van der Waals surface area contributed by atoms with E-state index in [1.807, 2.05) is 48.6 Å². The summed E-state index contributed by atoms with van der Waals surface area (Å²) in [7, 11) is 2.03. The zero-order valence-corrected chi connectivity index (χ0v) is 22.8. The molecule has 3 aromatic rings. The lowest BCUT2D eigenvalue weighted by Gasteiger charge is -2.32. The zero-order valence-electron chi connectivity index (χ0n) is 22.8. The number of aromatic nitrogens is 3. The number of hydrogen-bond acceptors (Lipinski definition) is 6. The Balaban J connectivity index is 0.000000303. The van der Waals surface area contributed by atoms with Crippen LogP contribution in [0.2, 0.25) is 0 Å². The quantitative estimate of drug-likeness (QED) is 0.338. The third-order valence-corrected chi connectivity index (χ3v) is 6.69. The lowest BCUT2D eigenvalue weighted by Crippen LogP contribution is -2.38. The van der Waals surface area contributed by atoms with Crippen molar-refractivity contribution in [3.63, 3.8) is 0 Å². The molecule has 0 spiro atoms. The number of imidazole rings is 1. The van der Waals surface area contributed by atoms with Gasteiger partial charge in [-0.2, -0.15) is 26.3 Å². The maximum Gasteiger partial charge on any atom is 0.490 e. The molecule has 2 aliphatic rings. The van der Waals surface area contributed by atoms with Gasteiger partial charge in [-0.05, 0) is 49.8 Å². The molecule has 1 aliphatic carbocycles. The average molecular weight is 618 g/mol. The van der Waals surface area contributed by atoms with Gasteiger partial charge < -0.3 is 25.0 Å². The van der Waals surface area contributed by atoms with E-state index in [1.165, 1.54) is 12.8 Å². The lowest BCUT2D eigenvalue weighted by atomic mass is 9.92. The molecule has 1 amide bonds. The molecule has 234 valence electrons. The molecular formula is C27H29F6N5O5. The number of carbonyl (C=O) groups is 3. The second kappa shape index (κ2) is 13.7. The molecule has 5 rings (SSSR count). The Morgan fingerprint density at radius 3 is 1.95 bits per heavy atom. The number of anilines is 1. The number of halogens is 6. The summed E-state index contributed by atoms with van der Waals surface area (Å²) in [6, 6.07) is 11.8. The number of nitrogens with zero attached hydrogens (tertiary/aromatic N) is 4. The van der Waals surface area contributed by atoms with E-state index in [-0.39, 0.29) is 5.91 Å². The van der Waals surface area contributed by atoms with E-state index in [1.54, 1.807) is 0 Å². The van der Waals surface area contributed by atoms with Crippen molar-refractivity contribution < 1.29 is 50.9 Å². The van der Waals surface area contributed by atoms with Gasteiger partial charge in [0.25, 0.3) is 5.91 Å². The first-order valence-corrected chi connectivity index (χ1v) is 13.1. The van der Waals surface area contributed by atoms with Crippen LogP contribution in [0.1, 0.15) is 47.7 Å². The largest absolute Gasteiger partial charge is 0.490 e. The summed E-state index contributed by atoms with van der Waals surface area (Å²) < 4.78 is 65.5. The van der Waals surface area contributed by atoms with Gasteiger partial charge in [0.1, 0.15) is 5.52 Å². The van der Waals surface area contributed by atoms with Gasteiger partial charge in [0, 0.05) is 43.9 Å². The van der Waals surface area contributed by atoms with Crippen LogP contribution in [0.5, 0.6) is 0 Å². The van der Waals surface area contributed by atoms with Crippen molar-refractivity contribution in [3.05, 3.63) is 54.0 Å². The van der Waals surface area contributed by atoms with Crippen LogP contribution in [0, 0.1) is 5.92 Å². The van der Waals surface area contributed by atoms with Crippen LogP contribution in [0.15, 0.2) is 42.7 Å². The van der Waals surface area contributed by atoms with E-state index in [4.69, 9.17) is 24.8 Å². The van der Waals surface area contributed by atoms with Crippen LogP contribution in [0.25, 0.3) is 11.0 Å². The number of benzene rings is 1. The molecule has 3 N–H and O–H groups in total. The molecule has 0 bridgehead atoms. The average Bonchev–Trinajstić information content (AvgIpc) is 3.72. The lowest BCUT2D eigenvalue weighted by molar-refractivity contribution is -0.193. The summed E-state index contributed by atoms with van der Waals surface area (Å²) in [5.74, 6) is -3.32. The third-order valence-electron chi connectivity index (χ3n) is 6.69. The van der Waals surface area contributed by atoms with Gasteiger partial charge in [-0.3, -0.25) is 4.79 Å². The van der Waals surface area contributed by atoms with Gasteiger partial charge in [0.05, 0.1) is 11.8 Å². The first-order chi connectivity index (χ1) is 20.1. The summed E-state index contributed by atoms with van der Waals surface area (Å²) >= 11 is 0. The Labute approximate surface area is 241 Å². The van der Waals surface area contributed by atoms with Gasteiger partial charge in [0.2, 0.25) is 0 Å². The molecular weight excluding hydrogens is 588 g/mol. The number of carboxylic acid groups (broad SMARTS) is 2. The predicted molar refractivity (Wildman–Crippen MR) is 141 cm³/mol. The summed E-state index contributed by atoms with van der Waals surface area (Å²) in [5, 5.41) is 17.8. The minimum absolute atomic E-state index is 0.130. The van der Waals surface area contributed by atoms with Crippen LogP contribution < -0.4 is 5.32 Å². The number of carboxylic acids is 2. The minimum Gasteiger partial charge on any atom is -0.475 e. The van der Waals surface area contributed by atoms with Gasteiger partial charge in [-0.25, -0.2) is 19.6 Å². The Kier molecular flexibility index (Phi) is 10.6. The minimum atomic E-state index is -5.08. The number of nitrogens with one attached hydrogen (secondary N) is 1. The molecule has 2 fully saturated rings. The number of rotatable bonds is 5. The van der Waals surface area contributed by atoms with Crippen molar-refractivity contribution in [2.75, 3.05) is 25.0 Å². The topological polar surface area (TPSA) is 138 Å². The standard InChI is InChI=1S/C23H27N5O.2C2HF3O2/c1-27-15-25-21-20(27)13-19(26-22(21)24-14-16-7-8-16)17-9-11-28(12-10-17)23(29)18-5-3-2-4-6-18;2*3-2(4,5)1(6)7/h2-6,13,15-17H,7-12,14H2,1H3,(H,24,26);2*(H,6,7). The highest BCUT2D eigenvalue weighted by Crippen LogP contribution is 2.33. The number of carbonyl (C=O) groups excluding carboxylic acids is 1. The Morgan fingerprint density at radius 1 is 0.930 bits per heavy atom. The van der Waals surface area contributed by atoms with E-state index < -0.39 is 24.3 Å². The predicted octanol–water partition coefficient (Wildman–Crippen LogP) is 5.08. The normalized spacial score (nSPS) is 15.6. The van der Waals surface area contributed by atoms with Crippen LogP contribution in [0.4, 0.5) is 32.2 Å². The molecule has 2 aromatic heterocycles. The molecule has 0 radical (unpaired) electrons. The Bertz CT molecular complexity index is 1390. The first-order valence-electron chi connectivity index (χ1n) is 13.1. The van der Waals surface area contributed by atoms with Crippen LogP contribution >= 0.6 is 0 Å². The Hall–Kier alpha value is -4.37. The summed E-state index contributed by atoms with van der Waals surface area (Å²) in [6.45, 7) is 2.52. The maximum atomic E-state index is 12.7. The van der Waals surface area contributed by atoms with Crippen LogP contribution in [-0.4, -0.2) is 79.5 Å². The van der Waals surface area contributed by atoms with Crippen molar-refractivity contribution in [3.8, 4) is 0 Å². The SMILES string of the molecule is Cn1cnc2c(NCC3CC3)nc(C3CCN(C(=O)c4ccccc4)CC3)cc21.O=C(O)C(F)(F)F.O=C(O)C(F)(F)F. The highest BCUT2D eigenvalue weighted by Gasteiger charge is 2.39. The molecule has 0 atom stereocenters. The van der Waals surface area contributed by atoms with Gasteiger partial charge in [-0.15, -0.1) is 0 Å². The number of alkyl halides is 6. The van der Waals surface area contributed by atoms with Crippen LogP contribution in [-0.2, 0) is 16.6 Å². The summed E-state index contributed by atoms with van der Waals surface area (Å²) in [6.07, 6.45) is -3.80. The van der Waals surface area contributed by atoms with E-state index in [9.17, 15) is 31.1 Å². The fourth-order valence-corrected chi connectivity index (χ4v) is 4.18. The van der Waals surface area contributed by atoms with E-state index in [0.717, 1.165) is 66.5 Å². The van der Waals surface area contributed by atoms with Crippen molar-refractivity contribution in [2.45, 2.75) is 44.0 Å². The van der Waals surface area contributed by atoms with Crippen molar-refractivity contribution in [1.29, 1.82) is 0 Å². The molecule has 1 saturated carbocycles. The number of amides is 1. The fourth-order valence-electron chi connectivity index (χ4n) is 4.18. The summed E-state index contributed by atoms with van der Waals surface area (Å²) in [4.78, 5) is 42.0. The number of aryl methyl sites for hydroxylation is 1. The van der Waals surface area contributed by atoms with E-state index in [0.29, 0.717) is 5.92 Å². The molecule has 1 aliphatic heterocycles. The summed E-state index contributed by atoms with van der Waals surface area (Å²) in [5.41, 5.74) is 3.96. The number of piperidine rings is 1. The van der Waals surface area contributed by atoms with Crippen molar-refractivity contribution in [2.24, 2.45) is 13.0 Å². The molecule has 3 heterocycles. The highest BCUT2D eigenvalue weighted by molar-refractivity contribution is 5.94. The smallest absolute Gasteiger partial charge is 0.475 e. The van der Waals surface area contributed by atoms with Gasteiger partial charge in [-0.1, -0.05) is 18.2 Å².